The van der Waals surface area contributed by atoms with Crippen LogP contribution in [-0.2, 0) is 15.9 Å². The average Bonchev–Trinajstić information content (AvgIpc) is 3.22. The van der Waals surface area contributed by atoms with Gasteiger partial charge >= 0.3 is 0 Å². The molecule has 2 aromatic carbocycles. The summed E-state index contributed by atoms with van der Waals surface area (Å²) in [7, 11) is 0. The molecule has 1 aliphatic rings. The summed E-state index contributed by atoms with van der Waals surface area (Å²) in [5, 5.41) is 11.0. The van der Waals surface area contributed by atoms with Crippen LogP contribution in [0.5, 0.6) is 0 Å². The Morgan fingerprint density at radius 3 is 2.68 bits per heavy atom. The third kappa shape index (κ3) is 4.56. The number of aryl methyl sites for hydroxylation is 1. The van der Waals surface area contributed by atoms with Crippen LogP contribution in [0.3, 0.4) is 0 Å². The van der Waals surface area contributed by atoms with Gasteiger partial charge in [0.05, 0.1) is 6.61 Å². The van der Waals surface area contributed by atoms with Gasteiger partial charge in [-0.1, -0.05) is 67.4 Å². The fourth-order valence-corrected chi connectivity index (χ4v) is 4.75. The monoisotopic (exact) mass is 473 g/mol. The molecule has 174 valence electrons. The van der Waals surface area contributed by atoms with E-state index in [1.165, 1.54) is 18.4 Å². The van der Waals surface area contributed by atoms with Crippen molar-refractivity contribution < 1.29 is 9.47 Å². The SMILES string of the molecule is CCCCc1cccc(-c2cccc3c(-c4cncc(C5COC(C)(C)O5)c4)nnc(Cl)c23)c1. The third-order valence-electron chi connectivity index (χ3n) is 6.23. The number of halogens is 1. The van der Waals surface area contributed by atoms with E-state index in [1.807, 2.05) is 32.2 Å². The van der Waals surface area contributed by atoms with E-state index in [1.54, 1.807) is 6.20 Å². The minimum absolute atomic E-state index is 0.171. The fourth-order valence-electron chi connectivity index (χ4n) is 4.51. The highest BCUT2D eigenvalue weighted by atomic mass is 35.5. The molecular weight excluding hydrogens is 446 g/mol. The Labute approximate surface area is 205 Å². The number of unbranched alkanes of at least 4 members (excludes halogenated alkanes) is 1. The van der Waals surface area contributed by atoms with Gasteiger partial charge in [-0.15, -0.1) is 10.2 Å². The number of benzene rings is 2. The first-order valence-corrected chi connectivity index (χ1v) is 12.1. The highest BCUT2D eigenvalue weighted by molar-refractivity contribution is 6.35. The van der Waals surface area contributed by atoms with Crippen molar-refractivity contribution in [3.8, 4) is 22.4 Å². The van der Waals surface area contributed by atoms with Crippen LogP contribution in [0, 0.1) is 0 Å². The predicted molar refractivity (Wildman–Crippen MR) is 136 cm³/mol. The van der Waals surface area contributed by atoms with Crippen LogP contribution < -0.4 is 0 Å². The molecule has 0 bridgehead atoms. The zero-order valence-corrected chi connectivity index (χ0v) is 20.5. The predicted octanol–water partition coefficient (Wildman–Crippen LogP) is 7.18. The number of hydrogen-bond donors (Lipinski definition) is 0. The Hall–Kier alpha value is -2.86. The van der Waals surface area contributed by atoms with Crippen molar-refractivity contribution in [2.24, 2.45) is 0 Å². The topological polar surface area (TPSA) is 57.1 Å². The third-order valence-corrected chi connectivity index (χ3v) is 6.50. The molecule has 5 nitrogen and oxygen atoms in total. The van der Waals surface area contributed by atoms with Crippen molar-refractivity contribution in [3.63, 3.8) is 0 Å². The summed E-state index contributed by atoms with van der Waals surface area (Å²) in [6.07, 6.45) is 6.86. The minimum atomic E-state index is -0.603. The Balaban J connectivity index is 1.59. The van der Waals surface area contributed by atoms with Crippen LogP contribution in [0.25, 0.3) is 33.2 Å². The number of ether oxygens (including phenoxy) is 2. The molecule has 0 N–H and O–H groups in total. The number of hydrogen-bond acceptors (Lipinski definition) is 5. The van der Waals surface area contributed by atoms with Crippen molar-refractivity contribution in [3.05, 3.63) is 77.2 Å². The first-order valence-electron chi connectivity index (χ1n) is 11.8. The smallest absolute Gasteiger partial charge is 0.163 e. The molecule has 1 aliphatic heterocycles. The average molecular weight is 474 g/mol. The molecule has 1 unspecified atom stereocenters. The summed E-state index contributed by atoms with van der Waals surface area (Å²) in [4.78, 5) is 4.47. The van der Waals surface area contributed by atoms with Gasteiger partial charge in [0.15, 0.2) is 10.9 Å². The quantitative estimate of drug-likeness (QED) is 0.297. The summed E-state index contributed by atoms with van der Waals surface area (Å²) in [6, 6.07) is 16.9. The fraction of sp³-hybridized carbons (Fsp3) is 0.321. The lowest BCUT2D eigenvalue weighted by Crippen LogP contribution is -2.19. The molecule has 4 aromatic rings. The van der Waals surface area contributed by atoms with Crippen LogP contribution in [0.15, 0.2) is 60.9 Å². The maximum absolute atomic E-state index is 6.64. The van der Waals surface area contributed by atoms with Gasteiger partial charge in [0.2, 0.25) is 0 Å². The first-order chi connectivity index (χ1) is 16.4. The van der Waals surface area contributed by atoms with E-state index >= 15 is 0 Å². The molecule has 6 heteroatoms. The van der Waals surface area contributed by atoms with Crippen LogP contribution >= 0.6 is 11.6 Å². The normalized spacial score (nSPS) is 17.4. The molecule has 0 saturated carbocycles. The summed E-state index contributed by atoms with van der Waals surface area (Å²) in [6.45, 7) is 6.54. The molecule has 1 fully saturated rings. The van der Waals surface area contributed by atoms with Crippen LogP contribution in [-0.4, -0.2) is 27.6 Å². The van der Waals surface area contributed by atoms with E-state index in [0.29, 0.717) is 11.8 Å². The van der Waals surface area contributed by atoms with Gasteiger partial charge in [-0.25, -0.2) is 0 Å². The summed E-state index contributed by atoms with van der Waals surface area (Å²) in [5.41, 5.74) is 6.08. The van der Waals surface area contributed by atoms with Crippen LogP contribution in [0.1, 0.15) is 50.8 Å². The lowest BCUT2D eigenvalue weighted by molar-refractivity contribution is -0.139. The number of rotatable bonds is 6. The molecule has 0 amide bonds. The Morgan fingerprint density at radius 2 is 1.88 bits per heavy atom. The molecule has 5 rings (SSSR count). The van der Waals surface area contributed by atoms with Crippen molar-refractivity contribution in [1.29, 1.82) is 0 Å². The molecular formula is C28H28ClN3O2. The lowest BCUT2D eigenvalue weighted by atomic mass is 9.95. The summed E-state index contributed by atoms with van der Waals surface area (Å²) >= 11 is 6.64. The second-order valence-corrected chi connectivity index (χ2v) is 9.55. The largest absolute Gasteiger partial charge is 0.347 e. The maximum Gasteiger partial charge on any atom is 0.163 e. The van der Waals surface area contributed by atoms with E-state index in [9.17, 15) is 0 Å². The van der Waals surface area contributed by atoms with E-state index < -0.39 is 5.79 Å². The molecule has 0 aliphatic carbocycles. The van der Waals surface area contributed by atoms with E-state index in [-0.39, 0.29) is 6.10 Å². The van der Waals surface area contributed by atoms with Crippen molar-refractivity contribution in [1.82, 2.24) is 15.2 Å². The zero-order chi connectivity index (χ0) is 23.7. The minimum Gasteiger partial charge on any atom is -0.347 e. The van der Waals surface area contributed by atoms with Crippen molar-refractivity contribution >= 4 is 22.4 Å². The summed E-state index contributed by atoms with van der Waals surface area (Å²) in [5.74, 6) is -0.603. The second kappa shape index (κ2) is 9.41. The number of fused-ring (bicyclic) bond motifs is 1. The molecule has 34 heavy (non-hydrogen) atoms. The van der Waals surface area contributed by atoms with Crippen molar-refractivity contribution in [2.45, 2.75) is 51.9 Å². The van der Waals surface area contributed by atoms with Crippen LogP contribution in [0.4, 0.5) is 0 Å². The Morgan fingerprint density at radius 1 is 1.03 bits per heavy atom. The molecule has 1 saturated heterocycles. The summed E-state index contributed by atoms with van der Waals surface area (Å²) < 4.78 is 11.8. The van der Waals surface area contributed by atoms with Gasteiger partial charge in [0, 0.05) is 34.3 Å². The Bertz CT molecular complexity index is 1340. The molecule has 1 atom stereocenters. The van der Waals surface area contributed by atoms with Gasteiger partial charge in [-0.2, -0.15) is 0 Å². The van der Waals surface area contributed by atoms with E-state index in [0.717, 1.165) is 45.1 Å². The lowest BCUT2D eigenvalue weighted by Gasteiger charge is -2.17. The molecule has 0 spiro atoms. The van der Waals surface area contributed by atoms with Gasteiger partial charge < -0.3 is 9.47 Å². The number of pyridine rings is 1. The first kappa shape index (κ1) is 22.9. The van der Waals surface area contributed by atoms with Gasteiger partial charge in [-0.05, 0) is 49.4 Å². The highest BCUT2D eigenvalue weighted by Crippen LogP contribution is 2.38. The molecule has 0 radical (unpaired) electrons. The van der Waals surface area contributed by atoms with E-state index in [2.05, 4.69) is 58.5 Å². The number of aromatic nitrogens is 3. The highest BCUT2D eigenvalue weighted by Gasteiger charge is 2.34. The van der Waals surface area contributed by atoms with Crippen LogP contribution in [0.2, 0.25) is 5.15 Å². The van der Waals surface area contributed by atoms with Gasteiger partial charge in [0.25, 0.3) is 0 Å². The van der Waals surface area contributed by atoms with Gasteiger partial charge in [0.1, 0.15) is 11.8 Å². The Kier molecular flexibility index (Phi) is 6.34. The van der Waals surface area contributed by atoms with Crippen molar-refractivity contribution in [2.75, 3.05) is 6.61 Å². The standard InChI is InChI=1S/C28H28ClN3O2/c1-4-5-8-18-9-6-10-19(13-18)22-11-7-12-23-25(22)27(29)32-31-26(23)21-14-20(15-30-16-21)24-17-33-28(2,3)34-24/h6-7,9-16,24H,4-5,8,17H2,1-3H3. The maximum atomic E-state index is 6.64. The van der Waals surface area contributed by atoms with E-state index in [4.69, 9.17) is 21.1 Å². The zero-order valence-electron chi connectivity index (χ0n) is 19.7. The molecule has 3 heterocycles. The molecule has 2 aromatic heterocycles. The number of nitrogens with zero attached hydrogens (tertiary/aromatic N) is 3. The second-order valence-electron chi connectivity index (χ2n) is 9.20. The van der Waals surface area contributed by atoms with Gasteiger partial charge in [-0.3, -0.25) is 4.98 Å².